The smallest absolute Gasteiger partial charge is 0.416 e. The molecule has 0 atom stereocenters. The molecule has 0 spiro atoms. The fraction of sp³-hybridized carbons (Fsp3) is 0.0769. The molecular formula is C13H6F7NO. The molecule has 0 heterocycles. The highest BCUT2D eigenvalue weighted by atomic mass is 19.4. The molecule has 22 heavy (non-hydrogen) atoms. The van der Waals surface area contributed by atoms with E-state index in [0.717, 1.165) is 0 Å². The molecule has 0 saturated heterocycles. The summed E-state index contributed by atoms with van der Waals surface area (Å²) in [4.78, 5) is 0. The summed E-state index contributed by atoms with van der Waals surface area (Å²) in [6.07, 6.45) is -4.96. The van der Waals surface area contributed by atoms with Crippen LogP contribution in [0.1, 0.15) is 5.56 Å². The molecule has 0 fully saturated rings. The van der Waals surface area contributed by atoms with Crippen molar-refractivity contribution in [2.45, 2.75) is 6.18 Å². The first kappa shape index (κ1) is 15.9. The fourth-order valence-corrected chi connectivity index (χ4v) is 1.56. The van der Waals surface area contributed by atoms with Gasteiger partial charge in [-0.3, -0.25) is 0 Å². The Morgan fingerprint density at radius 3 is 1.77 bits per heavy atom. The van der Waals surface area contributed by atoms with Gasteiger partial charge in [-0.05, 0) is 12.1 Å². The van der Waals surface area contributed by atoms with E-state index in [4.69, 9.17) is 5.73 Å². The van der Waals surface area contributed by atoms with Gasteiger partial charge >= 0.3 is 6.18 Å². The van der Waals surface area contributed by atoms with Gasteiger partial charge in [-0.25, -0.2) is 17.6 Å². The Bertz CT molecular complexity index is 704. The van der Waals surface area contributed by atoms with E-state index < -0.39 is 52.2 Å². The maximum absolute atomic E-state index is 13.6. The minimum atomic E-state index is -4.96. The molecule has 2 nitrogen and oxygen atoms in total. The third-order valence-corrected chi connectivity index (χ3v) is 2.59. The molecule has 0 aliphatic carbocycles. The highest BCUT2D eigenvalue weighted by Crippen LogP contribution is 2.37. The molecule has 9 heteroatoms. The molecule has 0 aliphatic heterocycles. The molecule has 0 radical (unpaired) electrons. The van der Waals surface area contributed by atoms with Crippen LogP contribution in [0, 0.1) is 23.3 Å². The molecule has 2 rings (SSSR count). The number of hydrogen-bond donors (Lipinski definition) is 1. The Morgan fingerprint density at radius 2 is 1.27 bits per heavy atom. The fourth-order valence-electron chi connectivity index (χ4n) is 1.56. The third kappa shape index (κ3) is 3.07. The van der Waals surface area contributed by atoms with Crippen molar-refractivity contribution in [1.82, 2.24) is 0 Å². The van der Waals surface area contributed by atoms with E-state index in [9.17, 15) is 30.7 Å². The minimum Gasteiger partial charge on any atom is -0.449 e. The third-order valence-electron chi connectivity index (χ3n) is 2.59. The van der Waals surface area contributed by atoms with Crippen molar-refractivity contribution in [1.29, 1.82) is 0 Å². The number of hydrogen-bond acceptors (Lipinski definition) is 2. The van der Waals surface area contributed by atoms with Gasteiger partial charge in [-0.1, -0.05) is 0 Å². The second-order valence-corrected chi connectivity index (χ2v) is 4.17. The van der Waals surface area contributed by atoms with E-state index in [1.54, 1.807) is 0 Å². The Morgan fingerprint density at radius 1 is 0.773 bits per heavy atom. The van der Waals surface area contributed by atoms with E-state index in [1.165, 1.54) is 0 Å². The molecule has 0 unspecified atom stereocenters. The molecule has 2 N–H and O–H groups in total. The number of alkyl halides is 3. The zero-order valence-corrected chi connectivity index (χ0v) is 10.4. The molecular weight excluding hydrogens is 319 g/mol. The summed E-state index contributed by atoms with van der Waals surface area (Å²) in [6, 6.07) is 0.939. The number of ether oxygens (including phenoxy) is 1. The number of nitrogens with two attached hydrogens (primary N) is 1. The van der Waals surface area contributed by atoms with Crippen molar-refractivity contribution in [3.8, 4) is 11.5 Å². The SMILES string of the molecule is Nc1cc(F)c(F)cc1Oc1c(F)cc(C(F)(F)F)cc1F. The van der Waals surface area contributed by atoms with Crippen LogP contribution in [0.3, 0.4) is 0 Å². The maximum atomic E-state index is 13.6. The van der Waals surface area contributed by atoms with Gasteiger partial charge < -0.3 is 10.5 Å². The first-order valence-corrected chi connectivity index (χ1v) is 5.58. The number of benzene rings is 2. The maximum Gasteiger partial charge on any atom is 0.416 e. The number of anilines is 1. The van der Waals surface area contributed by atoms with Crippen molar-refractivity contribution in [2.24, 2.45) is 0 Å². The second-order valence-electron chi connectivity index (χ2n) is 4.17. The predicted octanol–water partition coefficient (Wildman–Crippen LogP) is 4.64. The van der Waals surface area contributed by atoms with Crippen LogP contribution >= 0.6 is 0 Å². The van der Waals surface area contributed by atoms with Gasteiger partial charge in [0.15, 0.2) is 34.8 Å². The van der Waals surface area contributed by atoms with Crippen molar-refractivity contribution >= 4 is 5.69 Å². The molecule has 0 aromatic heterocycles. The summed E-state index contributed by atoms with van der Waals surface area (Å²) in [7, 11) is 0. The zero-order valence-electron chi connectivity index (χ0n) is 10.4. The summed E-state index contributed by atoms with van der Waals surface area (Å²) in [5.41, 5.74) is 3.23. The molecule has 0 bridgehead atoms. The number of nitrogen functional groups attached to an aromatic ring is 1. The van der Waals surface area contributed by atoms with Crippen molar-refractivity contribution < 1.29 is 35.5 Å². The Kier molecular flexibility index (Phi) is 3.90. The summed E-state index contributed by atoms with van der Waals surface area (Å²) < 4.78 is 94.8. The van der Waals surface area contributed by atoms with E-state index in [2.05, 4.69) is 4.74 Å². The van der Waals surface area contributed by atoms with E-state index in [1.807, 2.05) is 0 Å². The monoisotopic (exact) mass is 325 g/mol. The largest absolute Gasteiger partial charge is 0.449 e. The van der Waals surface area contributed by atoms with Gasteiger partial charge in [0, 0.05) is 12.1 Å². The summed E-state index contributed by atoms with van der Waals surface area (Å²) >= 11 is 0. The van der Waals surface area contributed by atoms with Gasteiger partial charge in [0.05, 0.1) is 11.3 Å². The van der Waals surface area contributed by atoms with Gasteiger partial charge in [0.25, 0.3) is 0 Å². The molecule has 118 valence electrons. The predicted molar refractivity (Wildman–Crippen MR) is 62.2 cm³/mol. The first-order chi connectivity index (χ1) is 10.1. The molecule has 0 amide bonds. The van der Waals surface area contributed by atoms with E-state index in [-0.39, 0.29) is 12.1 Å². The summed E-state index contributed by atoms with van der Waals surface area (Å²) in [5.74, 6) is -7.93. The zero-order chi connectivity index (χ0) is 16.7. The second kappa shape index (κ2) is 5.39. The molecule has 2 aromatic carbocycles. The van der Waals surface area contributed by atoms with Gasteiger partial charge in [-0.15, -0.1) is 0 Å². The van der Waals surface area contributed by atoms with Gasteiger partial charge in [-0.2, -0.15) is 13.2 Å². The van der Waals surface area contributed by atoms with E-state index >= 15 is 0 Å². The lowest BCUT2D eigenvalue weighted by Gasteiger charge is -2.13. The van der Waals surface area contributed by atoms with Crippen molar-refractivity contribution in [2.75, 3.05) is 5.73 Å². The first-order valence-electron chi connectivity index (χ1n) is 5.58. The normalized spacial score (nSPS) is 11.6. The Balaban J connectivity index is 2.45. The lowest BCUT2D eigenvalue weighted by Crippen LogP contribution is -2.07. The Labute approximate surface area is 118 Å². The highest BCUT2D eigenvalue weighted by Gasteiger charge is 2.33. The standard InChI is InChI=1S/C13H6F7NO/c14-6-3-10(21)11(4-7(6)15)22-12-8(16)1-5(2-9(12)17)13(18,19)20/h1-4H,21H2. The van der Waals surface area contributed by atoms with Crippen molar-refractivity contribution in [3.63, 3.8) is 0 Å². The van der Waals surface area contributed by atoms with Crippen LogP contribution in [-0.2, 0) is 6.18 Å². The molecule has 0 aliphatic rings. The number of halogens is 7. The topological polar surface area (TPSA) is 35.2 Å². The van der Waals surface area contributed by atoms with Crippen LogP contribution in [0.2, 0.25) is 0 Å². The van der Waals surface area contributed by atoms with Crippen LogP contribution in [0.5, 0.6) is 11.5 Å². The number of rotatable bonds is 2. The summed E-state index contributed by atoms with van der Waals surface area (Å²) in [5, 5.41) is 0. The van der Waals surface area contributed by atoms with Gasteiger partial charge in [0.2, 0.25) is 0 Å². The summed E-state index contributed by atoms with van der Waals surface area (Å²) in [6.45, 7) is 0. The highest BCUT2D eigenvalue weighted by molar-refractivity contribution is 5.54. The lowest BCUT2D eigenvalue weighted by atomic mass is 10.2. The van der Waals surface area contributed by atoms with Crippen molar-refractivity contribution in [3.05, 3.63) is 53.1 Å². The van der Waals surface area contributed by atoms with E-state index in [0.29, 0.717) is 12.1 Å². The molecule has 2 aromatic rings. The van der Waals surface area contributed by atoms with Gasteiger partial charge in [0.1, 0.15) is 0 Å². The Hall–Kier alpha value is -2.45. The quantitative estimate of drug-likeness (QED) is 0.645. The molecule has 0 saturated carbocycles. The van der Waals surface area contributed by atoms with Crippen LogP contribution in [0.15, 0.2) is 24.3 Å². The average molecular weight is 325 g/mol. The lowest BCUT2D eigenvalue weighted by molar-refractivity contribution is -0.138. The average Bonchev–Trinajstić information content (AvgIpc) is 2.38. The van der Waals surface area contributed by atoms with Crippen LogP contribution < -0.4 is 10.5 Å². The minimum absolute atomic E-state index is 0.00842. The van der Waals surface area contributed by atoms with Crippen LogP contribution in [0.25, 0.3) is 0 Å². The van der Waals surface area contributed by atoms with Crippen LogP contribution in [-0.4, -0.2) is 0 Å². The van der Waals surface area contributed by atoms with Crippen LogP contribution in [0.4, 0.5) is 36.4 Å².